The largest absolute Gasteiger partial charge is 0.385 e. The number of carbonyl (C=O) groups excluding carboxylic acids is 1. The van der Waals surface area contributed by atoms with Gasteiger partial charge in [-0.05, 0) is 32.7 Å². The minimum atomic E-state index is 0.161. The highest BCUT2D eigenvalue weighted by atomic mass is 16.5. The molecule has 0 rings (SSSR count). The number of unbranched alkanes of at least 4 members (excludes halogenated alkanes) is 2. The summed E-state index contributed by atoms with van der Waals surface area (Å²) in [4.78, 5) is 13.1. The topological polar surface area (TPSA) is 41.6 Å². The van der Waals surface area contributed by atoms with Crippen molar-refractivity contribution in [2.75, 3.05) is 40.4 Å². The quantitative estimate of drug-likeness (QED) is 0.582. The first kappa shape index (κ1) is 14.4. The van der Waals surface area contributed by atoms with Crippen LogP contribution in [0.1, 0.15) is 26.2 Å². The Morgan fingerprint density at radius 1 is 1.33 bits per heavy atom. The van der Waals surface area contributed by atoms with Crippen LogP contribution in [0.4, 0.5) is 0 Å². The average molecular weight is 216 g/mol. The number of rotatable bonds is 9. The van der Waals surface area contributed by atoms with E-state index in [0.717, 1.165) is 39.0 Å². The smallest absolute Gasteiger partial charge is 0.236 e. The van der Waals surface area contributed by atoms with E-state index in [9.17, 15) is 4.79 Å². The van der Waals surface area contributed by atoms with Crippen molar-refractivity contribution in [3.05, 3.63) is 0 Å². The van der Waals surface area contributed by atoms with E-state index in [-0.39, 0.29) is 5.91 Å². The summed E-state index contributed by atoms with van der Waals surface area (Å²) >= 11 is 0. The molecule has 0 aromatic carbocycles. The van der Waals surface area contributed by atoms with Crippen LogP contribution < -0.4 is 5.32 Å². The van der Waals surface area contributed by atoms with Crippen molar-refractivity contribution in [1.29, 1.82) is 0 Å². The third-order valence-electron chi connectivity index (χ3n) is 2.38. The molecule has 0 aromatic heterocycles. The number of hydrogen-bond acceptors (Lipinski definition) is 3. The predicted molar refractivity (Wildman–Crippen MR) is 61.9 cm³/mol. The van der Waals surface area contributed by atoms with E-state index in [0.29, 0.717) is 6.54 Å². The number of methoxy groups -OCH3 is 1. The lowest BCUT2D eigenvalue weighted by Crippen LogP contribution is -2.35. The average Bonchev–Trinajstić information content (AvgIpc) is 2.26. The molecule has 0 aliphatic rings. The molecule has 0 saturated heterocycles. The highest BCUT2D eigenvalue weighted by molar-refractivity contribution is 5.77. The van der Waals surface area contributed by atoms with E-state index in [2.05, 4.69) is 5.32 Å². The Bertz CT molecular complexity index is 163. The number of ether oxygens (including phenoxy) is 1. The zero-order chi connectivity index (χ0) is 11.5. The van der Waals surface area contributed by atoms with Gasteiger partial charge in [0.05, 0.1) is 6.54 Å². The summed E-state index contributed by atoms with van der Waals surface area (Å²) in [5.74, 6) is 0.161. The second-order valence-electron chi connectivity index (χ2n) is 3.64. The normalized spacial score (nSPS) is 10.3. The SMILES string of the molecule is CCN(C)C(=O)CNCCCCCOC. The zero-order valence-electron chi connectivity index (χ0n) is 10.2. The monoisotopic (exact) mass is 216 g/mol. The highest BCUT2D eigenvalue weighted by Crippen LogP contribution is 1.93. The highest BCUT2D eigenvalue weighted by Gasteiger charge is 2.04. The van der Waals surface area contributed by atoms with Gasteiger partial charge in [-0.3, -0.25) is 4.79 Å². The van der Waals surface area contributed by atoms with Crippen LogP contribution >= 0.6 is 0 Å². The van der Waals surface area contributed by atoms with E-state index < -0.39 is 0 Å². The van der Waals surface area contributed by atoms with E-state index in [1.165, 1.54) is 0 Å². The third kappa shape index (κ3) is 8.39. The van der Waals surface area contributed by atoms with Crippen molar-refractivity contribution in [3.8, 4) is 0 Å². The molecule has 0 spiro atoms. The second kappa shape index (κ2) is 9.93. The Labute approximate surface area is 93.0 Å². The molecule has 1 amide bonds. The molecule has 0 aliphatic carbocycles. The van der Waals surface area contributed by atoms with Crippen LogP contribution in [-0.4, -0.2) is 51.2 Å². The molecular weight excluding hydrogens is 192 g/mol. The van der Waals surface area contributed by atoms with E-state index in [4.69, 9.17) is 4.74 Å². The van der Waals surface area contributed by atoms with Crippen molar-refractivity contribution in [3.63, 3.8) is 0 Å². The number of amides is 1. The lowest BCUT2D eigenvalue weighted by molar-refractivity contribution is -0.128. The fourth-order valence-corrected chi connectivity index (χ4v) is 1.18. The van der Waals surface area contributed by atoms with Crippen LogP contribution in [0.5, 0.6) is 0 Å². The van der Waals surface area contributed by atoms with Gasteiger partial charge in [0, 0.05) is 27.3 Å². The second-order valence-corrected chi connectivity index (χ2v) is 3.64. The Kier molecular flexibility index (Phi) is 9.52. The fourth-order valence-electron chi connectivity index (χ4n) is 1.18. The molecule has 4 heteroatoms. The van der Waals surface area contributed by atoms with Crippen molar-refractivity contribution in [1.82, 2.24) is 10.2 Å². The van der Waals surface area contributed by atoms with Crippen LogP contribution in [0.3, 0.4) is 0 Å². The molecule has 0 aromatic rings. The first-order chi connectivity index (χ1) is 7.22. The third-order valence-corrected chi connectivity index (χ3v) is 2.38. The summed E-state index contributed by atoms with van der Waals surface area (Å²) in [6, 6.07) is 0. The minimum absolute atomic E-state index is 0.161. The minimum Gasteiger partial charge on any atom is -0.385 e. The number of carbonyl (C=O) groups is 1. The first-order valence-electron chi connectivity index (χ1n) is 5.66. The molecule has 0 heterocycles. The maximum Gasteiger partial charge on any atom is 0.236 e. The van der Waals surface area contributed by atoms with Crippen LogP contribution in [0.25, 0.3) is 0 Å². The Morgan fingerprint density at radius 2 is 2.07 bits per heavy atom. The molecule has 1 N–H and O–H groups in total. The van der Waals surface area contributed by atoms with Crippen LogP contribution in [0.2, 0.25) is 0 Å². The van der Waals surface area contributed by atoms with E-state index >= 15 is 0 Å². The summed E-state index contributed by atoms with van der Waals surface area (Å²) in [7, 11) is 3.54. The van der Waals surface area contributed by atoms with E-state index in [1.54, 1.807) is 12.0 Å². The lowest BCUT2D eigenvalue weighted by atomic mass is 10.2. The molecule has 4 nitrogen and oxygen atoms in total. The summed E-state index contributed by atoms with van der Waals surface area (Å²) in [5, 5.41) is 3.15. The van der Waals surface area contributed by atoms with Crippen LogP contribution in [-0.2, 0) is 9.53 Å². The standard InChI is InChI=1S/C11H24N2O2/c1-4-13(2)11(14)10-12-8-6-5-7-9-15-3/h12H,4-10H2,1-3H3. The van der Waals surface area contributed by atoms with Crippen molar-refractivity contribution >= 4 is 5.91 Å². The number of hydrogen-bond donors (Lipinski definition) is 1. The number of likely N-dealkylation sites (N-methyl/N-ethyl adjacent to an activating group) is 1. The van der Waals surface area contributed by atoms with Crippen molar-refractivity contribution in [2.24, 2.45) is 0 Å². The van der Waals surface area contributed by atoms with Gasteiger partial charge in [0.2, 0.25) is 5.91 Å². The maximum absolute atomic E-state index is 11.4. The molecule has 15 heavy (non-hydrogen) atoms. The molecule has 0 aliphatic heterocycles. The molecule has 0 saturated carbocycles. The predicted octanol–water partition coefficient (Wildman–Crippen LogP) is 0.871. The van der Waals surface area contributed by atoms with Gasteiger partial charge in [-0.2, -0.15) is 0 Å². The van der Waals surface area contributed by atoms with Gasteiger partial charge in [-0.15, -0.1) is 0 Å². The number of nitrogens with zero attached hydrogens (tertiary/aromatic N) is 1. The molecular formula is C11H24N2O2. The van der Waals surface area contributed by atoms with Crippen molar-refractivity contribution < 1.29 is 9.53 Å². The Hall–Kier alpha value is -0.610. The van der Waals surface area contributed by atoms with Gasteiger partial charge in [0.25, 0.3) is 0 Å². The van der Waals surface area contributed by atoms with Gasteiger partial charge in [0.15, 0.2) is 0 Å². The summed E-state index contributed by atoms with van der Waals surface area (Å²) in [5.41, 5.74) is 0. The molecule has 0 unspecified atom stereocenters. The lowest BCUT2D eigenvalue weighted by Gasteiger charge is -2.14. The van der Waals surface area contributed by atoms with E-state index in [1.807, 2.05) is 14.0 Å². The maximum atomic E-state index is 11.4. The van der Waals surface area contributed by atoms with Crippen molar-refractivity contribution in [2.45, 2.75) is 26.2 Å². The van der Waals surface area contributed by atoms with Gasteiger partial charge >= 0.3 is 0 Å². The van der Waals surface area contributed by atoms with Gasteiger partial charge in [-0.1, -0.05) is 0 Å². The van der Waals surface area contributed by atoms with Crippen LogP contribution in [0, 0.1) is 0 Å². The molecule has 0 bridgehead atoms. The Balaban J connectivity index is 3.20. The van der Waals surface area contributed by atoms with Crippen LogP contribution in [0.15, 0.2) is 0 Å². The summed E-state index contributed by atoms with van der Waals surface area (Å²) < 4.78 is 4.95. The zero-order valence-corrected chi connectivity index (χ0v) is 10.2. The summed E-state index contributed by atoms with van der Waals surface area (Å²) in [6.07, 6.45) is 3.35. The molecule has 0 radical (unpaired) electrons. The molecule has 0 fully saturated rings. The Morgan fingerprint density at radius 3 is 2.67 bits per heavy atom. The number of nitrogens with one attached hydrogen (secondary N) is 1. The first-order valence-corrected chi connectivity index (χ1v) is 5.66. The fraction of sp³-hybridized carbons (Fsp3) is 0.909. The van der Waals surface area contributed by atoms with Gasteiger partial charge in [0.1, 0.15) is 0 Å². The van der Waals surface area contributed by atoms with Gasteiger partial charge < -0.3 is 15.0 Å². The molecule has 90 valence electrons. The molecule has 0 atom stereocenters. The van der Waals surface area contributed by atoms with Gasteiger partial charge in [-0.25, -0.2) is 0 Å². The summed E-state index contributed by atoms with van der Waals surface area (Å²) in [6.45, 7) is 4.94.